The molecule has 1 aromatic carbocycles. The number of carbonyl (C=O) groups is 1. The molecule has 1 atom stereocenters. The monoisotopic (exact) mass is 323 g/mol. The molecule has 2 aromatic heterocycles. The van der Waals surface area contributed by atoms with Gasteiger partial charge in [-0.2, -0.15) is 10.4 Å². The third-order valence-electron chi connectivity index (χ3n) is 3.36. The third-order valence-corrected chi connectivity index (χ3v) is 4.38. The minimum absolute atomic E-state index is 0.238. The Kier molecular flexibility index (Phi) is 4.26. The van der Waals surface area contributed by atoms with Gasteiger partial charge in [-0.25, -0.2) is 14.6 Å². The Hall–Kier alpha value is -2.85. The fourth-order valence-corrected chi connectivity index (χ4v) is 3.11. The molecule has 0 radical (unpaired) electrons. The summed E-state index contributed by atoms with van der Waals surface area (Å²) in [6, 6.07) is 9.32. The van der Waals surface area contributed by atoms with Crippen LogP contribution in [0.2, 0.25) is 0 Å². The zero-order valence-electron chi connectivity index (χ0n) is 12.4. The van der Waals surface area contributed by atoms with E-state index in [1.165, 1.54) is 17.7 Å². The first-order valence-electron chi connectivity index (χ1n) is 6.95. The van der Waals surface area contributed by atoms with Crippen LogP contribution in [0.1, 0.15) is 32.5 Å². The van der Waals surface area contributed by atoms with Gasteiger partial charge in [0.2, 0.25) is 0 Å². The predicted molar refractivity (Wildman–Crippen MR) is 85.1 cm³/mol. The van der Waals surface area contributed by atoms with Crippen LogP contribution in [0.5, 0.6) is 0 Å². The molecule has 114 valence electrons. The summed E-state index contributed by atoms with van der Waals surface area (Å²) in [5, 5.41) is 15.9. The Balaban J connectivity index is 1.94. The highest BCUT2D eigenvalue weighted by Gasteiger charge is 2.26. The fraction of sp³-hybridized carbons (Fsp3) is 0.188. The standard InChI is InChI=1S/C16H13N5OS/c1-11-8-23-16(20-11)14(6-17)15(22)13-5-3-2-4-12(13)7-21-10-18-9-19-21/h2-5,8-10,14H,7H2,1H3/t14-/m1/s1. The molecule has 0 aliphatic heterocycles. The van der Waals surface area contributed by atoms with E-state index in [9.17, 15) is 10.1 Å². The Bertz CT molecular complexity index is 863. The summed E-state index contributed by atoms with van der Waals surface area (Å²) in [6.45, 7) is 2.27. The molecule has 0 aliphatic rings. The van der Waals surface area contributed by atoms with Crippen molar-refractivity contribution in [3.8, 4) is 6.07 Å². The Morgan fingerprint density at radius 2 is 2.26 bits per heavy atom. The molecule has 0 saturated carbocycles. The highest BCUT2D eigenvalue weighted by molar-refractivity contribution is 7.10. The Labute approximate surface area is 137 Å². The first-order valence-corrected chi connectivity index (χ1v) is 7.83. The maximum atomic E-state index is 12.8. The van der Waals surface area contributed by atoms with Crippen LogP contribution < -0.4 is 0 Å². The van der Waals surface area contributed by atoms with E-state index in [1.807, 2.05) is 24.4 Å². The van der Waals surface area contributed by atoms with Crippen LogP contribution >= 0.6 is 11.3 Å². The molecule has 0 fully saturated rings. The second kappa shape index (κ2) is 6.50. The van der Waals surface area contributed by atoms with Crippen molar-refractivity contribution >= 4 is 17.1 Å². The summed E-state index contributed by atoms with van der Waals surface area (Å²) < 4.78 is 1.64. The van der Waals surface area contributed by atoms with Crippen LogP contribution in [-0.4, -0.2) is 25.5 Å². The maximum Gasteiger partial charge on any atom is 0.187 e. The number of carbonyl (C=O) groups excluding carboxylic acids is 1. The molecule has 23 heavy (non-hydrogen) atoms. The first-order chi connectivity index (χ1) is 11.2. The van der Waals surface area contributed by atoms with Gasteiger partial charge in [0.15, 0.2) is 11.7 Å². The van der Waals surface area contributed by atoms with E-state index in [4.69, 9.17) is 0 Å². The molecule has 0 N–H and O–H groups in total. The third kappa shape index (κ3) is 3.17. The number of nitriles is 1. The molecular weight excluding hydrogens is 310 g/mol. The van der Waals surface area contributed by atoms with Crippen LogP contribution in [-0.2, 0) is 6.54 Å². The predicted octanol–water partition coefficient (Wildman–Crippen LogP) is 2.58. The number of aromatic nitrogens is 4. The summed E-state index contributed by atoms with van der Waals surface area (Å²) in [5.41, 5.74) is 2.13. The van der Waals surface area contributed by atoms with Gasteiger partial charge in [0.1, 0.15) is 17.7 Å². The molecule has 6 nitrogen and oxygen atoms in total. The smallest absolute Gasteiger partial charge is 0.187 e. The summed E-state index contributed by atoms with van der Waals surface area (Å²) in [7, 11) is 0. The lowest BCUT2D eigenvalue weighted by Crippen LogP contribution is -2.15. The van der Waals surface area contributed by atoms with E-state index in [0.717, 1.165) is 11.3 Å². The zero-order valence-corrected chi connectivity index (χ0v) is 13.2. The van der Waals surface area contributed by atoms with Gasteiger partial charge in [-0.3, -0.25) is 4.79 Å². The van der Waals surface area contributed by atoms with E-state index < -0.39 is 5.92 Å². The number of rotatable bonds is 5. The van der Waals surface area contributed by atoms with Gasteiger partial charge in [-0.15, -0.1) is 11.3 Å². The van der Waals surface area contributed by atoms with Crippen molar-refractivity contribution in [3.05, 3.63) is 64.1 Å². The normalized spacial score (nSPS) is 11.8. The molecule has 7 heteroatoms. The number of hydrogen-bond acceptors (Lipinski definition) is 6. The Morgan fingerprint density at radius 3 is 2.91 bits per heavy atom. The van der Waals surface area contributed by atoms with Gasteiger partial charge >= 0.3 is 0 Å². The van der Waals surface area contributed by atoms with E-state index in [2.05, 4.69) is 21.1 Å². The molecule has 0 amide bonds. The molecule has 3 aromatic rings. The summed E-state index contributed by atoms with van der Waals surface area (Å²) in [6.07, 6.45) is 3.04. The molecule has 2 heterocycles. The largest absolute Gasteiger partial charge is 0.292 e. The molecule has 0 spiro atoms. The minimum Gasteiger partial charge on any atom is -0.292 e. The first kappa shape index (κ1) is 15.1. The van der Waals surface area contributed by atoms with Crippen molar-refractivity contribution in [2.45, 2.75) is 19.4 Å². The molecule has 3 rings (SSSR count). The highest BCUT2D eigenvalue weighted by Crippen LogP contribution is 2.25. The lowest BCUT2D eigenvalue weighted by Gasteiger charge is -2.10. The van der Waals surface area contributed by atoms with Gasteiger partial charge in [0.05, 0.1) is 12.6 Å². The van der Waals surface area contributed by atoms with Crippen LogP contribution in [0.25, 0.3) is 0 Å². The van der Waals surface area contributed by atoms with Crippen molar-refractivity contribution < 1.29 is 4.79 Å². The lowest BCUT2D eigenvalue weighted by atomic mass is 9.95. The van der Waals surface area contributed by atoms with E-state index in [-0.39, 0.29) is 5.78 Å². The van der Waals surface area contributed by atoms with Gasteiger partial charge in [-0.1, -0.05) is 24.3 Å². The topological polar surface area (TPSA) is 84.5 Å². The molecular formula is C16H13N5OS. The number of aryl methyl sites for hydroxylation is 1. The van der Waals surface area contributed by atoms with Gasteiger partial charge in [-0.05, 0) is 12.5 Å². The average molecular weight is 323 g/mol. The lowest BCUT2D eigenvalue weighted by molar-refractivity contribution is 0.0977. The minimum atomic E-state index is -0.884. The van der Waals surface area contributed by atoms with Crippen molar-refractivity contribution in [2.24, 2.45) is 0 Å². The molecule has 0 saturated heterocycles. The Morgan fingerprint density at radius 1 is 1.43 bits per heavy atom. The summed E-state index contributed by atoms with van der Waals surface area (Å²) in [4.78, 5) is 21.0. The number of ketones is 1. The molecule has 0 unspecified atom stereocenters. The maximum absolute atomic E-state index is 12.8. The second-order valence-electron chi connectivity index (χ2n) is 5.00. The second-order valence-corrected chi connectivity index (χ2v) is 5.89. The van der Waals surface area contributed by atoms with Gasteiger partial charge < -0.3 is 0 Å². The summed E-state index contributed by atoms with van der Waals surface area (Å²) in [5.74, 6) is -1.12. The fourth-order valence-electron chi connectivity index (χ4n) is 2.27. The van der Waals surface area contributed by atoms with E-state index >= 15 is 0 Å². The SMILES string of the molecule is Cc1csc([C@H](C#N)C(=O)c2ccccc2Cn2cncn2)n1. The van der Waals surface area contributed by atoms with Crippen LogP contribution in [0, 0.1) is 18.3 Å². The van der Waals surface area contributed by atoms with Crippen molar-refractivity contribution in [1.29, 1.82) is 5.26 Å². The van der Waals surface area contributed by atoms with Crippen LogP contribution in [0.4, 0.5) is 0 Å². The van der Waals surface area contributed by atoms with Crippen molar-refractivity contribution in [2.75, 3.05) is 0 Å². The van der Waals surface area contributed by atoms with E-state index in [0.29, 0.717) is 17.1 Å². The molecule has 0 aliphatic carbocycles. The van der Waals surface area contributed by atoms with Crippen LogP contribution in [0.15, 0.2) is 42.3 Å². The zero-order chi connectivity index (χ0) is 16.2. The van der Waals surface area contributed by atoms with Gasteiger partial charge in [0.25, 0.3) is 0 Å². The van der Waals surface area contributed by atoms with Crippen molar-refractivity contribution in [3.63, 3.8) is 0 Å². The quantitative estimate of drug-likeness (QED) is 0.674. The number of hydrogen-bond donors (Lipinski definition) is 0. The number of nitrogens with zero attached hydrogens (tertiary/aromatic N) is 5. The molecule has 0 bridgehead atoms. The highest BCUT2D eigenvalue weighted by atomic mass is 32.1. The van der Waals surface area contributed by atoms with E-state index in [1.54, 1.807) is 23.1 Å². The van der Waals surface area contributed by atoms with Gasteiger partial charge in [0, 0.05) is 16.6 Å². The average Bonchev–Trinajstić information content (AvgIpc) is 3.20. The number of benzene rings is 1. The summed E-state index contributed by atoms with van der Waals surface area (Å²) >= 11 is 1.33. The number of Topliss-reactive ketones (excluding diaryl/α,β-unsaturated/α-hetero) is 1. The van der Waals surface area contributed by atoms with Crippen molar-refractivity contribution in [1.82, 2.24) is 19.7 Å². The number of thiazole rings is 1. The van der Waals surface area contributed by atoms with Crippen LogP contribution in [0.3, 0.4) is 0 Å².